The van der Waals surface area contributed by atoms with Gasteiger partial charge < -0.3 is 9.30 Å². The highest BCUT2D eigenvalue weighted by atomic mass is 32.1. The van der Waals surface area contributed by atoms with Crippen LogP contribution in [0.1, 0.15) is 22.4 Å². The average Bonchev–Trinajstić information content (AvgIpc) is 2.90. The predicted octanol–water partition coefficient (Wildman–Crippen LogP) is 1.72. The van der Waals surface area contributed by atoms with Gasteiger partial charge in [0.25, 0.3) is 5.56 Å². The smallest absolute Gasteiger partial charge is 0.250 e. The van der Waals surface area contributed by atoms with Crippen LogP contribution in [0.15, 0.2) is 28.5 Å². The van der Waals surface area contributed by atoms with Gasteiger partial charge in [0, 0.05) is 50.0 Å². The lowest BCUT2D eigenvalue weighted by Crippen LogP contribution is -2.38. The summed E-state index contributed by atoms with van der Waals surface area (Å²) in [5, 5.41) is 3.10. The van der Waals surface area contributed by atoms with Crippen LogP contribution in [0.3, 0.4) is 0 Å². The summed E-state index contributed by atoms with van der Waals surface area (Å²) >= 11 is 1.65. The van der Waals surface area contributed by atoms with E-state index in [9.17, 15) is 4.79 Å². The lowest BCUT2D eigenvalue weighted by molar-refractivity contribution is -0.0330. The summed E-state index contributed by atoms with van der Waals surface area (Å²) in [6, 6.07) is 3.71. The van der Waals surface area contributed by atoms with Crippen LogP contribution in [0, 0.1) is 6.92 Å². The standard InChI is InChI=1S/C15H19N3O2S/c1-11-10-21-15(16-11)13-9-18(5-6-20-13)8-12-3-4-17(2)14(19)7-12/h3-4,7,10,13H,5-6,8-9H2,1-2H3/t13-/m0/s1. The second-order valence-corrected chi connectivity index (χ2v) is 6.30. The van der Waals surface area contributed by atoms with Gasteiger partial charge in [-0.1, -0.05) is 0 Å². The fraction of sp³-hybridized carbons (Fsp3) is 0.467. The number of nitrogens with zero attached hydrogens (tertiary/aromatic N) is 3. The zero-order valence-corrected chi connectivity index (χ0v) is 13.1. The van der Waals surface area contributed by atoms with Crippen LogP contribution < -0.4 is 5.56 Å². The van der Waals surface area contributed by atoms with Crippen LogP contribution >= 0.6 is 11.3 Å². The van der Waals surface area contributed by atoms with Crippen molar-refractivity contribution in [1.29, 1.82) is 0 Å². The maximum atomic E-state index is 11.7. The van der Waals surface area contributed by atoms with E-state index in [1.165, 1.54) is 0 Å². The molecule has 0 unspecified atom stereocenters. The Balaban J connectivity index is 1.68. The molecular formula is C15H19N3O2S. The van der Waals surface area contributed by atoms with E-state index in [2.05, 4.69) is 15.3 Å². The molecule has 112 valence electrons. The van der Waals surface area contributed by atoms with Crippen LogP contribution in [0.5, 0.6) is 0 Å². The van der Waals surface area contributed by atoms with Gasteiger partial charge in [-0.2, -0.15) is 0 Å². The number of hydrogen-bond acceptors (Lipinski definition) is 5. The number of hydrogen-bond donors (Lipinski definition) is 0. The van der Waals surface area contributed by atoms with Crippen molar-refractivity contribution in [1.82, 2.24) is 14.5 Å². The number of aromatic nitrogens is 2. The van der Waals surface area contributed by atoms with Gasteiger partial charge in [0.05, 0.1) is 6.61 Å². The molecule has 0 aliphatic carbocycles. The Labute approximate surface area is 127 Å². The lowest BCUT2D eigenvalue weighted by Gasteiger charge is -2.31. The van der Waals surface area contributed by atoms with Crippen LogP contribution in [0.25, 0.3) is 0 Å². The van der Waals surface area contributed by atoms with Crippen LogP contribution in [-0.2, 0) is 18.3 Å². The van der Waals surface area contributed by atoms with E-state index in [4.69, 9.17) is 4.74 Å². The van der Waals surface area contributed by atoms with Gasteiger partial charge in [-0.05, 0) is 18.6 Å². The number of ether oxygens (including phenoxy) is 1. The Kier molecular flexibility index (Phi) is 4.19. The third-order valence-corrected chi connectivity index (χ3v) is 4.69. The minimum Gasteiger partial charge on any atom is -0.368 e. The van der Waals surface area contributed by atoms with Crippen molar-refractivity contribution in [2.45, 2.75) is 19.6 Å². The first-order chi connectivity index (χ1) is 10.1. The van der Waals surface area contributed by atoms with E-state index in [0.717, 1.165) is 35.9 Å². The molecule has 0 N–H and O–H groups in total. The number of morpholine rings is 1. The first-order valence-electron chi connectivity index (χ1n) is 7.03. The van der Waals surface area contributed by atoms with Crippen molar-refractivity contribution in [3.63, 3.8) is 0 Å². The van der Waals surface area contributed by atoms with E-state index in [0.29, 0.717) is 6.61 Å². The number of thiazole rings is 1. The third kappa shape index (κ3) is 3.40. The summed E-state index contributed by atoms with van der Waals surface area (Å²) in [6.45, 7) is 5.19. The molecular weight excluding hydrogens is 286 g/mol. The van der Waals surface area contributed by atoms with Crippen molar-refractivity contribution >= 4 is 11.3 Å². The van der Waals surface area contributed by atoms with Crippen molar-refractivity contribution in [2.24, 2.45) is 7.05 Å². The SMILES string of the molecule is Cc1csc([C@@H]2CN(Cc3ccn(C)c(=O)c3)CCO2)n1. The predicted molar refractivity (Wildman–Crippen MR) is 82.5 cm³/mol. The fourth-order valence-corrected chi connectivity index (χ4v) is 3.30. The third-order valence-electron chi connectivity index (χ3n) is 3.64. The average molecular weight is 305 g/mol. The van der Waals surface area contributed by atoms with Crippen molar-refractivity contribution < 1.29 is 4.74 Å². The minimum absolute atomic E-state index is 0.0351. The largest absolute Gasteiger partial charge is 0.368 e. The molecule has 1 fully saturated rings. The lowest BCUT2D eigenvalue weighted by atomic mass is 10.2. The van der Waals surface area contributed by atoms with E-state index in [1.54, 1.807) is 29.0 Å². The summed E-state index contributed by atoms with van der Waals surface area (Å²) in [6.07, 6.45) is 1.86. The fourth-order valence-electron chi connectivity index (χ4n) is 2.46. The zero-order valence-electron chi connectivity index (χ0n) is 12.3. The van der Waals surface area contributed by atoms with E-state index in [-0.39, 0.29) is 11.7 Å². The maximum Gasteiger partial charge on any atom is 0.250 e. The Morgan fingerprint density at radius 3 is 3.10 bits per heavy atom. The summed E-state index contributed by atoms with van der Waals surface area (Å²) in [5.74, 6) is 0. The second-order valence-electron chi connectivity index (χ2n) is 5.41. The Morgan fingerprint density at radius 2 is 2.38 bits per heavy atom. The Hall–Kier alpha value is -1.50. The van der Waals surface area contributed by atoms with Gasteiger partial charge in [-0.15, -0.1) is 11.3 Å². The van der Waals surface area contributed by atoms with Crippen LogP contribution in [0.2, 0.25) is 0 Å². The molecule has 2 aromatic heterocycles. The molecule has 1 atom stereocenters. The highest BCUT2D eigenvalue weighted by Crippen LogP contribution is 2.25. The number of pyridine rings is 1. The Morgan fingerprint density at radius 1 is 1.52 bits per heavy atom. The van der Waals surface area contributed by atoms with Crippen molar-refractivity contribution in [3.8, 4) is 0 Å². The van der Waals surface area contributed by atoms with Gasteiger partial charge in [-0.3, -0.25) is 9.69 Å². The molecule has 0 saturated carbocycles. The molecule has 5 nitrogen and oxygen atoms in total. The zero-order chi connectivity index (χ0) is 14.8. The molecule has 1 aliphatic rings. The van der Waals surface area contributed by atoms with Gasteiger partial charge in [0.1, 0.15) is 11.1 Å². The quantitative estimate of drug-likeness (QED) is 0.866. The highest BCUT2D eigenvalue weighted by Gasteiger charge is 2.24. The summed E-state index contributed by atoms with van der Waals surface area (Å²) < 4.78 is 7.42. The van der Waals surface area contributed by atoms with E-state index < -0.39 is 0 Å². The molecule has 0 amide bonds. The van der Waals surface area contributed by atoms with Crippen molar-refractivity contribution in [2.75, 3.05) is 19.7 Å². The van der Waals surface area contributed by atoms with Crippen LogP contribution in [-0.4, -0.2) is 34.1 Å². The summed E-state index contributed by atoms with van der Waals surface area (Å²) in [4.78, 5) is 18.5. The second kappa shape index (κ2) is 6.09. The topological polar surface area (TPSA) is 47.4 Å². The van der Waals surface area contributed by atoms with E-state index in [1.807, 2.05) is 19.2 Å². The van der Waals surface area contributed by atoms with Gasteiger partial charge in [0.2, 0.25) is 0 Å². The van der Waals surface area contributed by atoms with Crippen molar-refractivity contribution in [3.05, 3.63) is 50.3 Å². The maximum absolute atomic E-state index is 11.7. The molecule has 3 rings (SSSR count). The molecule has 0 spiro atoms. The number of aryl methyl sites for hydroxylation is 2. The minimum atomic E-state index is 0.0351. The van der Waals surface area contributed by atoms with Gasteiger partial charge in [-0.25, -0.2) is 4.98 Å². The molecule has 2 aromatic rings. The van der Waals surface area contributed by atoms with Gasteiger partial charge in [0.15, 0.2) is 0 Å². The molecule has 0 aromatic carbocycles. The molecule has 6 heteroatoms. The monoisotopic (exact) mass is 305 g/mol. The molecule has 1 aliphatic heterocycles. The normalized spacial score (nSPS) is 19.8. The molecule has 21 heavy (non-hydrogen) atoms. The molecule has 3 heterocycles. The van der Waals surface area contributed by atoms with E-state index >= 15 is 0 Å². The highest BCUT2D eigenvalue weighted by molar-refractivity contribution is 7.09. The molecule has 0 radical (unpaired) electrons. The van der Waals surface area contributed by atoms with Gasteiger partial charge >= 0.3 is 0 Å². The molecule has 1 saturated heterocycles. The summed E-state index contributed by atoms with van der Waals surface area (Å²) in [5.41, 5.74) is 2.13. The molecule has 0 bridgehead atoms. The first-order valence-corrected chi connectivity index (χ1v) is 7.91. The first kappa shape index (κ1) is 14.4. The summed E-state index contributed by atoms with van der Waals surface area (Å²) in [7, 11) is 1.77. The van der Waals surface area contributed by atoms with Crippen LogP contribution in [0.4, 0.5) is 0 Å². The number of rotatable bonds is 3. The Bertz CT molecular complexity index is 680.